The summed E-state index contributed by atoms with van der Waals surface area (Å²) in [5.41, 5.74) is 1.19. The molecule has 0 saturated carbocycles. The maximum absolute atomic E-state index is 4.31. The molecule has 0 atom stereocenters. The minimum absolute atomic E-state index is 0. The van der Waals surface area contributed by atoms with Gasteiger partial charge in [0.05, 0.1) is 0 Å². The highest BCUT2D eigenvalue weighted by Crippen LogP contribution is 2.07. The van der Waals surface area contributed by atoms with E-state index >= 15 is 0 Å². The van der Waals surface area contributed by atoms with Gasteiger partial charge in [-0.3, -0.25) is 4.68 Å². The van der Waals surface area contributed by atoms with Gasteiger partial charge >= 0.3 is 0 Å². The summed E-state index contributed by atoms with van der Waals surface area (Å²) in [5, 5.41) is 7.62. The van der Waals surface area contributed by atoms with E-state index < -0.39 is 0 Å². The zero-order valence-electron chi connectivity index (χ0n) is 9.37. The minimum atomic E-state index is 0. The van der Waals surface area contributed by atoms with Crippen LogP contribution < -0.4 is 5.32 Å². The molecule has 1 aromatic heterocycles. The molecule has 82 valence electrons. The van der Waals surface area contributed by atoms with Crippen LogP contribution in [0.5, 0.6) is 0 Å². The number of rotatable bonds is 4. The van der Waals surface area contributed by atoms with Crippen LogP contribution in [0.4, 0.5) is 5.82 Å². The molecule has 0 aliphatic heterocycles. The van der Waals surface area contributed by atoms with Crippen molar-refractivity contribution in [2.75, 3.05) is 11.9 Å². The normalized spacial score (nSPS) is 10.1. The summed E-state index contributed by atoms with van der Waals surface area (Å²) in [6.45, 7) is 7.52. The van der Waals surface area contributed by atoms with E-state index in [9.17, 15) is 0 Å². The van der Waals surface area contributed by atoms with Crippen molar-refractivity contribution in [2.24, 2.45) is 13.0 Å². The summed E-state index contributed by atoms with van der Waals surface area (Å²) in [7, 11) is 1.96. The highest BCUT2D eigenvalue weighted by Gasteiger charge is 1.99. The van der Waals surface area contributed by atoms with E-state index in [0.29, 0.717) is 0 Å². The Hall–Kier alpha value is -0.700. The van der Waals surface area contributed by atoms with E-state index in [2.05, 4.69) is 37.3 Å². The van der Waals surface area contributed by atoms with Crippen LogP contribution in [-0.4, -0.2) is 16.3 Å². The second kappa shape index (κ2) is 5.91. The molecule has 14 heavy (non-hydrogen) atoms. The molecule has 0 radical (unpaired) electrons. The Balaban J connectivity index is 0.00000169. The second-order valence-electron chi connectivity index (χ2n) is 3.90. The van der Waals surface area contributed by atoms with Crippen LogP contribution in [0.15, 0.2) is 6.07 Å². The van der Waals surface area contributed by atoms with Crippen LogP contribution in [0.25, 0.3) is 0 Å². The molecule has 3 nitrogen and oxygen atoms in total. The first kappa shape index (κ1) is 13.3. The fourth-order valence-corrected chi connectivity index (χ4v) is 1.14. The number of halogens is 1. The summed E-state index contributed by atoms with van der Waals surface area (Å²) in [5.74, 6) is 1.73. The number of nitrogens with zero attached hydrogens (tertiary/aromatic N) is 2. The highest BCUT2D eigenvalue weighted by atomic mass is 35.5. The Kier molecular flexibility index (Phi) is 5.62. The van der Waals surface area contributed by atoms with Gasteiger partial charge in [0.1, 0.15) is 5.82 Å². The number of hydrogen-bond acceptors (Lipinski definition) is 2. The lowest BCUT2D eigenvalue weighted by Crippen LogP contribution is -2.05. The van der Waals surface area contributed by atoms with Crippen LogP contribution >= 0.6 is 12.4 Å². The quantitative estimate of drug-likeness (QED) is 0.841. The van der Waals surface area contributed by atoms with Gasteiger partial charge in [-0.05, 0) is 19.3 Å². The van der Waals surface area contributed by atoms with Crippen molar-refractivity contribution in [3.05, 3.63) is 11.8 Å². The van der Waals surface area contributed by atoms with Gasteiger partial charge in [0.2, 0.25) is 0 Å². The maximum atomic E-state index is 4.31. The van der Waals surface area contributed by atoms with Crippen molar-refractivity contribution in [1.29, 1.82) is 0 Å². The summed E-state index contributed by atoms with van der Waals surface area (Å²) < 4.78 is 1.89. The van der Waals surface area contributed by atoms with Crippen LogP contribution in [0, 0.1) is 12.8 Å². The number of hydrogen-bond donors (Lipinski definition) is 1. The third-order valence-electron chi connectivity index (χ3n) is 2.14. The van der Waals surface area contributed by atoms with Crippen LogP contribution in [0.2, 0.25) is 0 Å². The Morgan fingerprint density at radius 3 is 2.57 bits per heavy atom. The standard InChI is InChI=1S/C10H19N3.ClH/c1-8(2)5-6-11-10-7-9(3)13(4)12-10;/h7-8H,5-6H2,1-4H3,(H,11,12);1H. The molecule has 1 N–H and O–H groups in total. The van der Waals surface area contributed by atoms with Gasteiger partial charge < -0.3 is 5.32 Å². The fraction of sp³-hybridized carbons (Fsp3) is 0.700. The van der Waals surface area contributed by atoms with Gasteiger partial charge in [-0.2, -0.15) is 5.10 Å². The summed E-state index contributed by atoms with van der Waals surface area (Å²) >= 11 is 0. The highest BCUT2D eigenvalue weighted by molar-refractivity contribution is 5.85. The zero-order chi connectivity index (χ0) is 9.84. The van der Waals surface area contributed by atoms with Crippen LogP contribution in [0.3, 0.4) is 0 Å². The van der Waals surface area contributed by atoms with Crippen molar-refractivity contribution < 1.29 is 0 Å². The average Bonchev–Trinajstić information content (AvgIpc) is 2.30. The molecule has 0 saturated heterocycles. The van der Waals surface area contributed by atoms with E-state index in [0.717, 1.165) is 18.3 Å². The Morgan fingerprint density at radius 2 is 2.14 bits per heavy atom. The molecule has 0 aromatic carbocycles. The molecule has 1 rings (SSSR count). The molecule has 0 fully saturated rings. The first-order chi connectivity index (χ1) is 6.09. The molecular formula is C10H20ClN3. The molecule has 1 aromatic rings. The van der Waals surface area contributed by atoms with E-state index in [4.69, 9.17) is 0 Å². The van der Waals surface area contributed by atoms with Crippen molar-refractivity contribution in [3.8, 4) is 0 Å². The summed E-state index contributed by atoms with van der Waals surface area (Å²) in [4.78, 5) is 0. The number of aryl methyl sites for hydroxylation is 2. The third-order valence-corrected chi connectivity index (χ3v) is 2.14. The number of anilines is 1. The molecule has 0 spiro atoms. The fourth-order valence-electron chi connectivity index (χ4n) is 1.14. The van der Waals surface area contributed by atoms with Crippen molar-refractivity contribution in [2.45, 2.75) is 27.2 Å². The molecular weight excluding hydrogens is 198 g/mol. The van der Waals surface area contributed by atoms with Crippen molar-refractivity contribution >= 4 is 18.2 Å². The smallest absolute Gasteiger partial charge is 0.148 e. The Labute approximate surface area is 92.3 Å². The maximum Gasteiger partial charge on any atom is 0.148 e. The largest absolute Gasteiger partial charge is 0.369 e. The van der Waals surface area contributed by atoms with Gasteiger partial charge in [0.15, 0.2) is 0 Å². The Bertz CT molecular complexity index is 249. The Morgan fingerprint density at radius 1 is 1.50 bits per heavy atom. The molecule has 0 amide bonds. The van der Waals surface area contributed by atoms with E-state index in [1.807, 2.05) is 11.7 Å². The number of nitrogens with one attached hydrogen (secondary N) is 1. The third kappa shape index (κ3) is 4.01. The van der Waals surface area contributed by atoms with Crippen molar-refractivity contribution in [3.63, 3.8) is 0 Å². The van der Waals surface area contributed by atoms with Crippen LogP contribution in [-0.2, 0) is 7.05 Å². The molecule has 0 aliphatic rings. The predicted molar refractivity (Wildman–Crippen MR) is 63.1 cm³/mol. The van der Waals surface area contributed by atoms with E-state index in [1.165, 1.54) is 12.1 Å². The van der Waals surface area contributed by atoms with Gasteiger partial charge in [-0.25, -0.2) is 0 Å². The average molecular weight is 218 g/mol. The van der Waals surface area contributed by atoms with Gasteiger partial charge in [-0.15, -0.1) is 12.4 Å². The lowest BCUT2D eigenvalue weighted by atomic mass is 10.1. The van der Waals surface area contributed by atoms with Gasteiger partial charge in [0.25, 0.3) is 0 Å². The van der Waals surface area contributed by atoms with E-state index in [-0.39, 0.29) is 12.4 Å². The lowest BCUT2D eigenvalue weighted by Gasteiger charge is -2.04. The zero-order valence-corrected chi connectivity index (χ0v) is 10.2. The molecule has 0 unspecified atom stereocenters. The van der Waals surface area contributed by atoms with E-state index in [1.54, 1.807) is 0 Å². The topological polar surface area (TPSA) is 29.9 Å². The lowest BCUT2D eigenvalue weighted by molar-refractivity contribution is 0.606. The minimum Gasteiger partial charge on any atom is -0.369 e. The van der Waals surface area contributed by atoms with Crippen molar-refractivity contribution in [1.82, 2.24) is 9.78 Å². The molecule has 1 heterocycles. The second-order valence-corrected chi connectivity index (χ2v) is 3.90. The molecule has 4 heteroatoms. The first-order valence-electron chi connectivity index (χ1n) is 4.84. The number of aromatic nitrogens is 2. The monoisotopic (exact) mass is 217 g/mol. The molecule has 0 aliphatic carbocycles. The summed E-state index contributed by atoms with van der Waals surface area (Å²) in [6, 6.07) is 2.07. The van der Waals surface area contributed by atoms with Crippen LogP contribution in [0.1, 0.15) is 26.0 Å². The van der Waals surface area contributed by atoms with Gasteiger partial charge in [0, 0.05) is 25.4 Å². The summed E-state index contributed by atoms with van der Waals surface area (Å²) in [6.07, 6.45) is 1.19. The predicted octanol–water partition coefficient (Wildman–Crippen LogP) is 2.61. The molecule has 0 bridgehead atoms. The first-order valence-corrected chi connectivity index (χ1v) is 4.84. The SMILES string of the molecule is Cc1cc(NCCC(C)C)nn1C.Cl. The van der Waals surface area contributed by atoms with Gasteiger partial charge in [-0.1, -0.05) is 13.8 Å².